The fraction of sp³-hybridized carbons (Fsp3) is 0.450. The van der Waals surface area contributed by atoms with E-state index in [4.69, 9.17) is 11.6 Å². The number of ether oxygens (including phenoxy) is 1. The summed E-state index contributed by atoms with van der Waals surface area (Å²) in [7, 11) is 0. The number of hydrogen-bond donors (Lipinski definition) is 2. The summed E-state index contributed by atoms with van der Waals surface area (Å²) in [5, 5.41) is 6.92. The maximum Gasteiger partial charge on any atom is 0.522 e. The summed E-state index contributed by atoms with van der Waals surface area (Å²) in [6.45, 7) is 1.29. The van der Waals surface area contributed by atoms with Crippen LogP contribution in [0.15, 0.2) is 30.3 Å². The second-order valence-electron chi connectivity index (χ2n) is 7.74. The molecule has 1 aromatic carbocycles. The third-order valence-corrected chi connectivity index (χ3v) is 5.70. The Morgan fingerprint density at radius 2 is 1.69 bits per heavy atom. The van der Waals surface area contributed by atoms with E-state index in [2.05, 4.69) is 20.4 Å². The number of rotatable bonds is 3. The van der Waals surface area contributed by atoms with Gasteiger partial charge in [-0.25, -0.2) is 14.6 Å². The number of pyridine rings is 1. The largest absolute Gasteiger partial charge is 0.522 e. The van der Waals surface area contributed by atoms with Gasteiger partial charge in [-0.1, -0.05) is 11.6 Å². The summed E-state index contributed by atoms with van der Waals surface area (Å²) in [4.78, 5) is 32.4. The molecular formula is C20H21ClF3N5O3. The normalized spacial score (nSPS) is 21.2. The molecule has 4 amide bonds. The van der Waals surface area contributed by atoms with E-state index in [1.165, 1.54) is 0 Å². The molecule has 2 aliphatic rings. The molecule has 172 valence electrons. The summed E-state index contributed by atoms with van der Waals surface area (Å²) in [6, 6.07) is 7.76. The number of piperazine rings is 1. The highest BCUT2D eigenvalue weighted by Gasteiger charge is 2.41. The van der Waals surface area contributed by atoms with Crippen LogP contribution in [0.1, 0.15) is 12.8 Å². The van der Waals surface area contributed by atoms with E-state index in [-0.39, 0.29) is 30.9 Å². The van der Waals surface area contributed by atoms with Crippen LogP contribution in [0.5, 0.6) is 0 Å². The highest BCUT2D eigenvalue weighted by Crippen LogP contribution is 2.30. The second-order valence-corrected chi connectivity index (χ2v) is 8.18. The molecule has 0 unspecified atom stereocenters. The molecule has 8 nitrogen and oxygen atoms in total. The summed E-state index contributed by atoms with van der Waals surface area (Å²) in [5.74, 6) is 0.408. The molecule has 2 aromatic rings. The van der Waals surface area contributed by atoms with Crippen molar-refractivity contribution in [1.82, 2.24) is 20.1 Å². The van der Waals surface area contributed by atoms with Crippen molar-refractivity contribution in [2.24, 2.45) is 0 Å². The fourth-order valence-corrected chi connectivity index (χ4v) is 3.88. The van der Waals surface area contributed by atoms with Gasteiger partial charge in [0.05, 0.1) is 11.6 Å². The van der Waals surface area contributed by atoms with Crippen LogP contribution in [0.25, 0.3) is 10.9 Å². The van der Waals surface area contributed by atoms with Gasteiger partial charge >= 0.3 is 18.4 Å². The first kappa shape index (κ1) is 22.4. The van der Waals surface area contributed by atoms with Crippen molar-refractivity contribution in [3.63, 3.8) is 0 Å². The number of alkyl halides is 3. The van der Waals surface area contributed by atoms with Gasteiger partial charge in [-0.2, -0.15) is 0 Å². The van der Waals surface area contributed by atoms with Gasteiger partial charge in [0, 0.05) is 42.6 Å². The minimum Gasteiger partial charge on any atom is -0.335 e. The zero-order valence-corrected chi connectivity index (χ0v) is 17.6. The zero-order valence-electron chi connectivity index (χ0n) is 16.9. The van der Waals surface area contributed by atoms with Gasteiger partial charge in [0.25, 0.3) is 0 Å². The summed E-state index contributed by atoms with van der Waals surface area (Å²) >= 11 is 5.96. The third kappa shape index (κ3) is 5.52. The number of fused-ring (bicyclic) bond motifs is 1. The fourth-order valence-electron chi connectivity index (χ4n) is 3.70. The van der Waals surface area contributed by atoms with Crippen molar-refractivity contribution >= 4 is 40.4 Å². The standard InChI is InChI=1S/C20H21ClF3N5O3/c21-13-2-3-16-12(9-13)1-4-17(26-16)27-19(31)29-7-5-28(6-8-29)18(30)25-14-10-15(11-14)32-20(22,23)24/h1-4,9,14-15H,5-8,10-11H2,(H,25,30)(H,26,27,31)/t14-,15+. The zero-order chi connectivity index (χ0) is 22.9. The van der Waals surface area contributed by atoms with Gasteiger partial charge in [-0.05, 0) is 43.2 Å². The van der Waals surface area contributed by atoms with Crippen molar-refractivity contribution in [3.05, 3.63) is 35.4 Å². The van der Waals surface area contributed by atoms with Crippen LogP contribution in [-0.2, 0) is 4.74 Å². The van der Waals surface area contributed by atoms with Gasteiger partial charge < -0.3 is 15.1 Å². The molecule has 0 spiro atoms. The summed E-state index contributed by atoms with van der Waals surface area (Å²) in [5.41, 5.74) is 0.701. The highest BCUT2D eigenvalue weighted by molar-refractivity contribution is 6.31. The average Bonchev–Trinajstić information content (AvgIpc) is 2.71. The number of amides is 4. The van der Waals surface area contributed by atoms with Gasteiger partial charge in [-0.15, -0.1) is 13.2 Å². The second kappa shape index (κ2) is 8.99. The van der Waals surface area contributed by atoms with Crippen LogP contribution < -0.4 is 10.6 Å². The van der Waals surface area contributed by atoms with E-state index < -0.39 is 12.5 Å². The molecule has 0 atom stereocenters. The molecule has 32 heavy (non-hydrogen) atoms. The van der Waals surface area contributed by atoms with E-state index in [1.54, 1.807) is 34.1 Å². The molecule has 12 heteroatoms. The van der Waals surface area contributed by atoms with Crippen LogP contribution in [0.4, 0.5) is 28.6 Å². The minimum atomic E-state index is -4.66. The summed E-state index contributed by atoms with van der Waals surface area (Å²) < 4.78 is 40.4. The molecule has 1 saturated carbocycles. The number of carbonyl (C=O) groups is 2. The number of urea groups is 2. The molecule has 0 radical (unpaired) electrons. The topological polar surface area (TPSA) is 86.8 Å². The molecule has 4 rings (SSSR count). The van der Waals surface area contributed by atoms with Gasteiger partial charge in [0.2, 0.25) is 0 Å². The van der Waals surface area contributed by atoms with Crippen molar-refractivity contribution in [1.29, 1.82) is 0 Å². The maximum atomic E-state index is 12.5. The van der Waals surface area contributed by atoms with E-state index in [0.29, 0.717) is 42.5 Å². The monoisotopic (exact) mass is 471 g/mol. The summed E-state index contributed by atoms with van der Waals surface area (Å²) in [6.07, 6.45) is -5.33. The smallest absolute Gasteiger partial charge is 0.335 e. The lowest BCUT2D eigenvalue weighted by molar-refractivity contribution is -0.351. The van der Waals surface area contributed by atoms with E-state index in [0.717, 1.165) is 5.39 Å². The molecule has 1 aliphatic heterocycles. The highest BCUT2D eigenvalue weighted by atomic mass is 35.5. The Hall–Kier alpha value is -2.79. The molecule has 2 fully saturated rings. The first-order valence-corrected chi connectivity index (χ1v) is 10.5. The number of hydrogen-bond acceptors (Lipinski definition) is 4. The van der Waals surface area contributed by atoms with Crippen LogP contribution in [0.2, 0.25) is 5.02 Å². The molecule has 2 heterocycles. The Bertz CT molecular complexity index is 1010. The van der Waals surface area contributed by atoms with Crippen molar-refractivity contribution in [2.75, 3.05) is 31.5 Å². The SMILES string of the molecule is O=C(Nc1ccc2cc(Cl)ccc2n1)N1CCN(C(=O)N[C@H]2C[C@@H](OC(F)(F)F)C2)CC1. The Labute approximate surface area is 186 Å². The molecule has 1 aromatic heterocycles. The molecule has 1 saturated heterocycles. The van der Waals surface area contributed by atoms with E-state index >= 15 is 0 Å². The number of halogens is 4. The number of nitrogens with one attached hydrogen (secondary N) is 2. The quantitative estimate of drug-likeness (QED) is 0.712. The number of anilines is 1. The van der Waals surface area contributed by atoms with Crippen LogP contribution in [0.3, 0.4) is 0 Å². The lowest BCUT2D eigenvalue weighted by Crippen LogP contribution is -2.57. The van der Waals surface area contributed by atoms with E-state index in [1.807, 2.05) is 6.07 Å². The number of nitrogens with zero attached hydrogens (tertiary/aromatic N) is 3. The Balaban J connectivity index is 1.22. The minimum absolute atomic E-state index is 0.124. The van der Waals surface area contributed by atoms with Crippen molar-refractivity contribution < 1.29 is 27.5 Å². The Kier molecular flexibility index (Phi) is 6.29. The van der Waals surface area contributed by atoms with Gasteiger partial charge in [0.15, 0.2) is 0 Å². The molecular weight excluding hydrogens is 451 g/mol. The lowest BCUT2D eigenvalue weighted by Gasteiger charge is -2.39. The number of benzene rings is 1. The van der Waals surface area contributed by atoms with Crippen LogP contribution in [-0.4, -0.2) is 71.5 Å². The predicted octanol–water partition coefficient (Wildman–Crippen LogP) is 3.81. The third-order valence-electron chi connectivity index (χ3n) is 5.46. The average molecular weight is 472 g/mol. The van der Waals surface area contributed by atoms with E-state index in [9.17, 15) is 22.8 Å². The van der Waals surface area contributed by atoms with Crippen molar-refractivity contribution in [2.45, 2.75) is 31.3 Å². The first-order chi connectivity index (χ1) is 15.2. The predicted molar refractivity (Wildman–Crippen MR) is 111 cm³/mol. The molecule has 2 N–H and O–H groups in total. The maximum absolute atomic E-state index is 12.5. The van der Waals surface area contributed by atoms with Crippen LogP contribution >= 0.6 is 11.6 Å². The molecule has 0 bridgehead atoms. The van der Waals surface area contributed by atoms with Gasteiger partial charge in [-0.3, -0.25) is 10.1 Å². The first-order valence-electron chi connectivity index (χ1n) is 10.1. The van der Waals surface area contributed by atoms with Crippen molar-refractivity contribution in [3.8, 4) is 0 Å². The van der Waals surface area contributed by atoms with Crippen LogP contribution in [0, 0.1) is 0 Å². The number of carbonyl (C=O) groups excluding carboxylic acids is 2. The number of aromatic nitrogens is 1. The lowest BCUT2D eigenvalue weighted by atomic mass is 9.89. The Morgan fingerprint density at radius 3 is 2.34 bits per heavy atom. The van der Waals surface area contributed by atoms with Gasteiger partial charge in [0.1, 0.15) is 5.82 Å². The molecule has 1 aliphatic carbocycles. The Morgan fingerprint density at radius 1 is 1.03 bits per heavy atom.